The number of ether oxygens (including phenoxy) is 3. The van der Waals surface area contributed by atoms with E-state index in [4.69, 9.17) is 14.2 Å². The molecular formula is C29H36N2O6. The van der Waals surface area contributed by atoms with Gasteiger partial charge in [0.2, 0.25) is 5.75 Å². The summed E-state index contributed by atoms with van der Waals surface area (Å²) < 4.78 is 16.1. The molecular weight excluding hydrogens is 472 g/mol. The lowest BCUT2D eigenvalue weighted by Gasteiger charge is -2.33. The van der Waals surface area contributed by atoms with Crippen LogP contribution >= 0.6 is 0 Å². The molecule has 3 aliphatic rings. The molecule has 5 rings (SSSR count). The summed E-state index contributed by atoms with van der Waals surface area (Å²) in [5, 5.41) is 14.7. The number of likely N-dealkylation sites (tertiary alicyclic amines) is 1. The van der Waals surface area contributed by atoms with Gasteiger partial charge in [-0.2, -0.15) is 0 Å². The van der Waals surface area contributed by atoms with Gasteiger partial charge in [0, 0.05) is 31.1 Å². The second-order valence-electron chi connectivity index (χ2n) is 10.4. The van der Waals surface area contributed by atoms with Crippen molar-refractivity contribution < 1.29 is 28.9 Å². The summed E-state index contributed by atoms with van der Waals surface area (Å²) in [7, 11) is 4.59. The van der Waals surface area contributed by atoms with Crippen LogP contribution in [0.4, 0.5) is 0 Å². The molecule has 0 bridgehead atoms. The van der Waals surface area contributed by atoms with Gasteiger partial charge in [-0.15, -0.1) is 0 Å². The Hall–Kier alpha value is -3.26. The quantitative estimate of drug-likeness (QED) is 0.540. The maximum Gasteiger partial charge on any atom is 0.256 e. The highest BCUT2D eigenvalue weighted by molar-refractivity contribution is 5.96. The van der Waals surface area contributed by atoms with E-state index >= 15 is 0 Å². The molecule has 2 aromatic rings. The first-order valence-electron chi connectivity index (χ1n) is 13.1. The smallest absolute Gasteiger partial charge is 0.256 e. The number of nitrogens with zero attached hydrogens (tertiary/aromatic N) is 1. The molecule has 0 aromatic heterocycles. The Kier molecular flexibility index (Phi) is 7.03. The number of methoxy groups -OCH3 is 3. The van der Waals surface area contributed by atoms with E-state index in [0.717, 1.165) is 25.7 Å². The van der Waals surface area contributed by atoms with Gasteiger partial charge in [-0.05, 0) is 48.3 Å². The van der Waals surface area contributed by atoms with Gasteiger partial charge in [-0.3, -0.25) is 9.59 Å². The molecule has 2 saturated carbocycles. The van der Waals surface area contributed by atoms with Gasteiger partial charge in [-0.1, -0.05) is 43.2 Å². The number of carbonyl (C=O) groups excluding carboxylic acids is 2. The van der Waals surface area contributed by atoms with Crippen LogP contribution in [0, 0.1) is 23.7 Å². The molecule has 8 nitrogen and oxygen atoms in total. The van der Waals surface area contributed by atoms with Crippen molar-refractivity contribution in [3.63, 3.8) is 0 Å². The van der Waals surface area contributed by atoms with E-state index in [-0.39, 0.29) is 17.7 Å². The monoisotopic (exact) mass is 508 g/mol. The SMILES string of the molecule is COc1cc(C(=O)N2CC3[C@H](CNC(=O)C(O)(c4ccccc4)C4CCCC4)[C@H]3C2)cc(OC)c1OC. The normalized spacial score (nSPS) is 24.2. The Bertz CT molecular complexity index is 1110. The number of fused-ring (bicyclic) bond motifs is 1. The summed E-state index contributed by atoms with van der Waals surface area (Å²) in [6.45, 7) is 1.81. The molecule has 2 unspecified atom stereocenters. The van der Waals surface area contributed by atoms with Crippen molar-refractivity contribution in [1.29, 1.82) is 0 Å². The minimum absolute atomic E-state index is 0.0693. The summed E-state index contributed by atoms with van der Waals surface area (Å²) in [4.78, 5) is 28.5. The van der Waals surface area contributed by atoms with E-state index in [1.165, 1.54) is 21.3 Å². The Balaban J connectivity index is 1.20. The second-order valence-corrected chi connectivity index (χ2v) is 10.4. The van der Waals surface area contributed by atoms with Crippen molar-refractivity contribution in [1.82, 2.24) is 10.2 Å². The van der Waals surface area contributed by atoms with Crippen molar-refractivity contribution in [2.24, 2.45) is 23.7 Å². The zero-order valence-corrected chi connectivity index (χ0v) is 21.7. The number of rotatable bonds is 9. The molecule has 2 aromatic carbocycles. The van der Waals surface area contributed by atoms with E-state index in [1.54, 1.807) is 12.1 Å². The Labute approximate surface area is 217 Å². The first-order chi connectivity index (χ1) is 17.9. The molecule has 198 valence electrons. The van der Waals surface area contributed by atoms with Crippen LogP contribution in [0.25, 0.3) is 0 Å². The third kappa shape index (κ3) is 4.52. The predicted molar refractivity (Wildman–Crippen MR) is 138 cm³/mol. The zero-order chi connectivity index (χ0) is 26.2. The molecule has 37 heavy (non-hydrogen) atoms. The maximum atomic E-state index is 13.4. The average molecular weight is 509 g/mol. The molecule has 2 aliphatic carbocycles. The Morgan fingerprint density at radius 1 is 0.973 bits per heavy atom. The van der Waals surface area contributed by atoms with E-state index in [2.05, 4.69) is 5.32 Å². The van der Waals surface area contributed by atoms with Crippen LogP contribution in [-0.4, -0.2) is 62.8 Å². The molecule has 1 saturated heterocycles. The topological polar surface area (TPSA) is 97.3 Å². The third-order valence-electron chi connectivity index (χ3n) is 8.57. The van der Waals surface area contributed by atoms with Crippen LogP contribution in [0.1, 0.15) is 41.6 Å². The maximum absolute atomic E-state index is 13.4. The molecule has 3 fully saturated rings. The molecule has 2 N–H and O–H groups in total. The van der Waals surface area contributed by atoms with E-state index in [9.17, 15) is 14.7 Å². The lowest BCUT2D eigenvalue weighted by molar-refractivity contribution is -0.147. The fraction of sp³-hybridized carbons (Fsp3) is 0.517. The van der Waals surface area contributed by atoms with Crippen molar-refractivity contribution >= 4 is 11.8 Å². The average Bonchev–Trinajstić information content (AvgIpc) is 3.33. The highest BCUT2D eigenvalue weighted by Gasteiger charge is 2.57. The first-order valence-corrected chi connectivity index (χ1v) is 13.1. The van der Waals surface area contributed by atoms with E-state index in [1.807, 2.05) is 35.2 Å². The van der Waals surface area contributed by atoms with Gasteiger partial charge in [0.15, 0.2) is 17.1 Å². The molecule has 4 atom stereocenters. The number of nitrogens with one attached hydrogen (secondary N) is 1. The van der Waals surface area contributed by atoms with Crippen LogP contribution in [0.15, 0.2) is 42.5 Å². The number of aliphatic hydroxyl groups is 1. The van der Waals surface area contributed by atoms with Crippen molar-refractivity contribution in [3.05, 3.63) is 53.6 Å². The fourth-order valence-electron chi connectivity index (χ4n) is 6.44. The number of hydrogen-bond acceptors (Lipinski definition) is 6. The van der Waals surface area contributed by atoms with Crippen LogP contribution < -0.4 is 19.5 Å². The molecule has 1 heterocycles. The van der Waals surface area contributed by atoms with Gasteiger partial charge >= 0.3 is 0 Å². The first kappa shape index (κ1) is 25.4. The van der Waals surface area contributed by atoms with Gasteiger partial charge in [0.1, 0.15) is 0 Å². The molecule has 1 aliphatic heterocycles. The molecule has 0 spiro atoms. The molecule has 2 amide bonds. The summed E-state index contributed by atoms with van der Waals surface area (Å²) in [6, 6.07) is 12.7. The largest absolute Gasteiger partial charge is 0.493 e. The minimum atomic E-state index is -1.50. The number of piperidine rings is 1. The minimum Gasteiger partial charge on any atom is -0.493 e. The highest BCUT2D eigenvalue weighted by Crippen LogP contribution is 2.52. The number of amides is 2. The summed E-state index contributed by atoms with van der Waals surface area (Å²) in [6.07, 6.45) is 3.78. The lowest BCUT2D eigenvalue weighted by Crippen LogP contribution is -2.49. The van der Waals surface area contributed by atoms with Crippen LogP contribution in [0.5, 0.6) is 17.2 Å². The van der Waals surface area contributed by atoms with Gasteiger partial charge < -0.3 is 29.5 Å². The lowest BCUT2D eigenvalue weighted by atomic mass is 9.79. The van der Waals surface area contributed by atoms with Gasteiger partial charge in [-0.25, -0.2) is 0 Å². The van der Waals surface area contributed by atoms with Crippen LogP contribution in [0.3, 0.4) is 0 Å². The standard InChI is InChI=1S/C29H36N2O6/c1-35-24-13-18(14-25(36-2)26(24)37-3)27(32)31-16-22-21(23(22)17-31)15-30-28(33)29(34,20-11-7-8-12-20)19-9-5-4-6-10-19/h4-6,9-10,13-14,20-23,34H,7-8,11-12,15-17H2,1-3H3,(H,30,33)/t21-,22-,23?,29?/m1/s1. The van der Waals surface area contributed by atoms with Crippen LogP contribution in [-0.2, 0) is 10.4 Å². The number of carbonyl (C=O) groups is 2. The number of benzene rings is 2. The zero-order valence-electron chi connectivity index (χ0n) is 21.7. The van der Waals surface area contributed by atoms with Crippen molar-refractivity contribution in [2.75, 3.05) is 41.0 Å². The van der Waals surface area contributed by atoms with E-state index in [0.29, 0.717) is 65.8 Å². The Morgan fingerprint density at radius 2 is 1.57 bits per heavy atom. The summed E-state index contributed by atoms with van der Waals surface area (Å²) >= 11 is 0. The van der Waals surface area contributed by atoms with E-state index < -0.39 is 5.60 Å². The number of hydrogen-bond donors (Lipinski definition) is 2. The second kappa shape index (κ2) is 10.2. The van der Waals surface area contributed by atoms with Gasteiger partial charge in [0.25, 0.3) is 11.8 Å². The molecule has 8 heteroatoms. The third-order valence-corrected chi connectivity index (χ3v) is 8.57. The van der Waals surface area contributed by atoms with Crippen LogP contribution in [0.2, 0.25) is 0 Å². The van der Waals surface area contributed by atoms with Crippen molar-refractivity contribution in [2.45, 2.75) is 31.3 Å². The predicted octanol–water partition coefficient (Wildman–Crippen LogP) is 3.22. The highest BCUT2D eigenvalue weighted by atomic mass is 16.5. The molecule has 0 radical (unpaired) electrons. The van der Waals surface area contributed by atoms with Crippen molar-refractivity contribution in [3.8, 4) is 17.2 Å². The summed E-state index contributed by atoms with van der Waals surface area (Å²) in [5.74, 6) is 1.91. The Morgan fingerprint density at radius 3 is 2.11 bits per heavy atom. The summed E-state index contributed by atoms with van der Waals surface area (Å²) in [5.41, 5.74) is -0.348. The van der Waals surface area contributed by atoms with Gasteiger partial charge in [0.05, 0.1) is 21.3 Å². The fourth-order valence-corrected chi connectivity index (χ4v) is 6.44.